The average Bonchev–Trinajstić information content (AvgIpc) is 2.29. The first-order chi connectivity index (χ1) is 7.72. The number of rotatable bonds is 1. The van der Waals surface area contributed by atoms with Crippen LogP contribution in [-0.2, 0) is 0 Å². The summed E-state index contributed by atoms with van der Waals surface area (Å²) >= 11 is 9.51. The van der Waals surface area contributed by atoms with Crippen molar-refractivity contribution in [2.24, 2.45) is 0 Å². The van der Waals surface area contributed by atoms with Gasteiger partial charge in [-0.15, -0.1) is 0 Å². The van der Waals surface area contributed by atoms with Crippen LogP contribution in [0.3, 0.4) is 0 Å². The lowest BCUT2D eigenvalue weighted by molar-refractivity contribution is 1.30. The summed E-state index contributed by atoms with van der Waals surface area (Å²) in [5.74, 6) is 0. The Morgan fingerprint density at radius 1 is 1.31 bits per heavy atom. The third-order valence-corrected chi connectivity index (χ3v) is 3.04. The molecule has 0 saturated carbocycles. The van der Waals surface area contributed by atoms with Gasteiger partial charge in [-0.05, 0) is 17.7 Å². The van der Waals surface area contributed by atoms with Crippen LogP contribution < -0.4 is 0 Å². The standard InChI is InChI=1S/C12H6BrClN2/c13-10-3-1-2-8(4-10)11-7-16-6-9(5-15)12(11)14/h1-4,6-7H. The number of benzene rings is 1. The molecule has 0 unspecified atom stereocenters. The summed E-state index contributed by atoms with van der Waals surface area (Å²) in [6.45, 7) is 0. The van der Waals surface area contributed by atoms with Crippen LogP contribution in [0.5, 0.6) is 0 Å². The lowest BCUT2D eigenvalue weighted by Gasteiger charge is -2.05. The summed E-state index contributed by atoms with van der Waals surface area (Å²) in [6, 6.07) is 9.71. The minimum absolute atomic E-state index is 0.388. The second-order valence-corrected chi connectivity index (χ2v) is 4.46. The summed E-state index contributed by atoms with van der Waals surface area (Å²) in [7, 11) is 0. The van der Waals surface area contributed by atoms with Crippen LogP contribution in [0.1, 0.15) is 5.56 Å². The van der Waals surface area contributed by atoms with Gasteiger partial charge < -0.3 is 0 Å². The summed E-state index contributed by atoms with van der Waals surface area (Å²) in [6.07, 6.45) is 3.12. The van der Waals surface area contributed by atoms with Gasteiger partial charge in [0.1, 0.15) is 6.07 Å². The molecule has 2 rings (SSSR count). The fraction of sp³-hybridized carbons (Fsp3) is 0. The van der Waals surface area contributed by atoms with Crippen molar-refractivity contribution in [3.63, 3.8) is 0 Å². The third kappa shape index (κ3) is 2.08. The van der Waals surface area contributed by atoms with Gasteiger partial charge in [-0.25, -0.2) is 0 Å². The zero-order chi connectivity index (χ0) is 11.5. The van der Waals surface area contributed by atoms with Crippen molar-refractivity contribution in [3.8, 4) is 17.2 Å². The smallest absolute Gasteiger partial charge is 0.102 e. The van der Waals surface area contributed by atoms with Crippen LogP contribution in [0.15, 0.2) is 41.1 Å². The van der Waals surface area contributed by atoms with E-state index >= 15 is 0 Å². The molecular weight excluding hydrogens is 288 g/mol. The SMILES string of the molecule is N#Cc1cncc(-c2cccc(Br)c2)c1Cl. The predicted octanol–water partition coefficient (Wildman–Crippen LogP) is 4.04. The van der Waals surface area contributed by atoms with Gasteiger partial charge in [-0.2, -0.15) is 5.26 Å². The minimum atomic E-state index is 0.388. The number of halogens is 2. The van der Waals surface area contributed by atoms with E-state index < -0.39 is 0 Å². The molecule has 0 amide bonds. The molecule has 16 heavy (non-hydrogen) atoms. The monoisotopic (exact) mass is 292 g/mol. The van der Waals surface area contributed by atoms with E-state index in [0.29, 0.717) is 10.6 Å². The number of aromatic nitrogens is 1. The molecule has 0 aliphatic carbocycles. The van der Waals surface area contributed by atoms with E-state index in [1.807, 2.05) is 30.3 Å². The second-order valence-electron chi connectivity index (χ2n) is 3.17. The van der Waals surface area contributed by atoms with Crippen molar-refractivity contribution in [1.82, 2.24) is 4.98 Å². The van der Waals surface area contributed by atoms with Crippen molar-refractivity contribution in [2.75, 3.05) is 0 Å². The summed E-state index contributed by atoms with van der Waals surface area (Å²) in [5.41, 5.74) is 2.09. The molecule has 0 atom stereocenters. The molecule has 0 aliphatic rings. The van der Waals surface area contributed by atoms with Crippen LogP contribution in [0.4, 0.5) is 0 Å². The molecule has 0 spiro atoms. The summed E-state index contributed by atoms with van der Waals surface area (Å²) in [4.78, 5) is 4.00. The lowest BCUT2D eigenvalue weighted by atomic mass is 10.1. The molecule has 1 heterocycles. The predicted molar refractivity (Wildman–Crippen MR) is 67.1 cm³/mol. The van der Waals surface area contributed by atoms with Crippen LogP contribution in [0.2, 0.25) is 5.02 Å². The second kappa shape index (κ2) is 4.65. The largest absolute Gasteiger partial charge is 0.263 e. The highest BCUT2D eigenvalue weighted by Gasteiger charge is 2.08. The third-order valence-electron chi connectivity index (χ3n) is 2.14. The van der Waals surface area contributed by atoms with Gasteiger partial charge in [-0.3, -0.25) is 4.98 Å². The Kier molecular flexibility index (Phi) is 3.23. The van der Waals surface area contributed by atoms with Gasteiger partial charge in [-0.1, -0.05) is 39.7 Å². The Bertz CT molecular complexity index is 575. The molecule has 0 aliphatic heterocycles. The maximum atomic E-state index is 8.86. The van der Waals surface area contributed by atoms with E-state index in [1.54, 1.807) is 6.20 Å². The molecule has 78 valence electrons. The minimum Gasteiger partial charge on any atom is -0.263 e. The fourth-order valence-corrected chi connectivity index (χ4v) is 2.03. The first kappa shape index (κ1) is 11.1. The zero-order valence-electron chi connectivity index (χ0n) is 8.11. The van der Waals surface area contributed by atoms with Crippen molar-refractivity contribution < 1.29 is 0 Å². The van der Waals surface area contributed by atoms with Crippen LogP contribution in [-0.4, -0.2) is 4.98 Å². The van der Waals surface area contributed by atoms with Crippen molar-refractivity contribution in [3.05, 3.63) is 51.7 Å². The van der Waals surface area contributed by atoms with E-state index in [1.165, 1.54) is 6.20 Å². The number of pyridine rings is 1. The molecular formula is C12H6BrClN2. The molecule has 0 N–H and O–H groups in total. The average molecular weight is 294 g/mol. The fourth-order valence-electron chi connectivity index (χ4n) is 1.38. The zero-order valence-corrected chi connectivity index (χ0v) is 10.5. The Morgan fingerprint density at radius 2 is 2.12 bits per heavy atom. The van der Waals surface area contributed by atoms with Gasteiger partial charge in [0.15, 0.2) is 0 Å². The topological polar surface area (TPSA) is 36.7 Å². The van der Waals surface area contributed by atoms with Crippen LogP contribution >= 0.6 is 27.5 Å². The maximum absolute atomic E-state index is 8.86. The number of hydrogen-bond acceptors (Lipinski definition) is 2. The van der Waals surface area contributed by atoms with Crippen LogP contribution in [0.25, 0.3) is 11.1 Å². The van der Waals surface area contributed by atoms with Gasteiger partial charge in [0.2, 0.25) is 0 Å². The Hall–Kier alpha value is -1.37. The molecule has 0 radical (unpaired) electrons. The van der Waals surface area contributed by atoms with Crippen LogP contribution in [0, 0.1) is 11.3 Å². The van der Waals surface area contributed by atoms with Gasteiger partial charge in [0.05, 0.1) is 10.6 Å². The molecule has 1 aromatic carbocycles. The normalized spacial score (nSPS) is 9.81. The van der Waals surface area contributed by atoms with E-state index in [-0.39, 0.29) is 0 Å². The number of nitrogens with zero attached hydrogens (tertiary/aromatic N) is 2. The Morgan fingerprint density at radius 3 is 2.81 bits per heavy atom. The summed E-state index contributed by atoms with van der Waals surface area (Å²) in [5, 5.41) is 9.30. The molecule has 4 heteroatoms. The van der Waals surface area contributed by atoms with Gasteiger partial charge in [0.25, 0.3) is 0 Å². The first-order valence-corrected chi connectivity index (χ1v) is 5.69. The van der Waals surface area contributed by atoms with Crippen molar-refractivity contribution in [2.45, 2.75) is 0 Å². The van der Waals surface area contributed by atoms with E-state index in [9.17, 15) is 0 Å². The number of hydrogen-bond donors (Lipinski definition) is 0. The molecule has 2 nitrogen and oxygen atoms in total. The van der Waals surface area contributed by atoms with Gasteiger partial charge in [0, 0.05) is 22.4 Å². The van der Waals surface area contributed by atoms with Gasteiger partial charge >= 0.3 is 0 Å². The van der Waals surface area contributed by atoms with Crippen molar-refractivity contribution >= 4 is 27.5 Å². The molecule has 0 bridgehead atoms. The molecule has 0 saturated heterocycles. The Balaban J connectivity index is 2.62. The first-order valence-electron chi connectivity index (χ1n) is 4.52. The maximum Gasteiger partial charge on any atom is 0.102 e. The molecule has 2 aromatic rings. The Labute approximate surface area is 107 Å². The highest BCUT2D eigenvalue weighted by molar-refractivity contribution is 9.10. The summed E-state index contributed by atoms with van der Waals surface area (Å²) < 4.78 is 0.962. The van der Waals surface area contributed by atoms with E-state index in [0.717, 1.165) is 15.6 Å². The molecule has 0 fully saturated rings. The highest BCUT2D eigenvalue weighted by atomic mass is 79.9. The molecule has 1 aromatic heterocycles. The quantitative estimate of drug-likeness (QED) is 0.796. The van der Waals surface area contributed by atoms with E-state index in [4.69, 9.17) is 16.9 Å². The van der Waals surface area contributed by atoms with Crippen molar-refractivity contribution in [1.29, 1.82) is 5.26 Å². The highest BCUT2D eigenvalue weighted by Crippen LogP contribution is 2.30. The number of nitriles is 1. The lowest BCUT2D eigenvalue weighted by Crippen LogP contribution is -1.86. The van der Waals surface area contributed by atoms with E-state index in [2.05, 4.69) is 20.9 Å².